The van der Waals surface area contributed by atoms with Crippen LogP contribution >= 0.6 is 12.4 Å². The smallest absolute Gasteiger partial charge is 0.331 e. The van der Waals surface area contributed by atoms with Gasteiger partial charge in [-0.15, -0.1) is 12.4 Å². The molecule has 0 aromatic rings. The number of aliphatic hydroxyl groups is 3. The number of carbonyl (C=O) groups is 1. The summed E-state index contributed by atoms with van der Waals surface area (Å²) in [5.74, 6) is -1.18. The lowest BCUT2D eigenvalue weighted by atomic mass is 9.92. The fraction of sp³-hybridized carbons (Fsp3) is 0.571. The molecule has 4 N–H and O–H groups in total. The standard InChI is InChI=1S/C7H10O5.ClH/c8-4-1-3(7(11)12)2-5(9)6(4)10;/h1,4-6,8-10H,2H2,(H,11,12);1H/t4-,5-,6-;/m1./s1. The molecule has 0 radical (unpaired) electrons. The number of carboxylic acids is 1. The Labute approximate surface area is 80.7 Å². The van der Waals surface area contributed by atoms with Crippen molar-refractivity contribution in [2.45, 2.75) is 24.7 Å². The van der Waals surface area contributed by atoms with E-state index in [1.165, 1.54) is 0 Å². The van der Waals surface area contributed by atoms with Crippen molar-refractivity contribution in [2.75, 3.05) is 0 Å². The maximum atomic E-state index is 10.4. The van der Waals surface area contributed by atoms with E-state index in [0.717, 1.165) is 6.08 Å². The number of hydrogen-bond donors (Lipinski definition) is 4. The Morgan fingerprint density at radius 2 is 1.92 bits per heavy atom. The van der Waals surface area contributed by atoms with Gasteiger partial charge in [-0.05, 0) is 6.08 Å². The third-order valence-corrected chi connectivity index (χ3v) is 1.82. The third-order valence-electron chi connectivity index (χ3n) is 1.82. The van der Waals surface area contributed by atoms with Crippen LogP contribution in [0, 0.1) is 0 Å². The van der Waals surface area contributed by atoms with Gasteiger partial charge in [0.25, 0.3) is 0 Å². The minimum atomic E-state index is -1.29. The molecule has 0 fully saturated rings. The molecule has 3 atom stereocenters. The molecule has 5 nitrogen and oxygen atoms in total. The van der Waals surface area contributed by atoms with Crippen LogP contribution in [-0.4, -0.2) is 44.7 Å². The lowest BCUT2D eigenvalue weighted by Gasteiger charge is -2.25. The van der Waals surface area contributed by atoms with E-state index in [1.807, 2.05) is 0 Å². The summed E-state index contributed by atoms with van der Waals surface area (Å²) in [6.07, 6.45) is -2.86. The fourth-order valence-electron chi connectivity index (χ4n) is 1.11. The molecule has 0 aliphatic heterocycles. The summed E-state index contributed by atoms with van der Waals surface area (Å²) < 4.78 is 0. The summed E-state index contributed by atoms with van der Waals surface area (Å²) in [5, 5.41) is 35.6. The Bertz CT molecular complexity index is 227. The van der Waals surface area contributed by atoms with Crippen LogP contribution in [0.2, 0.25) is 0 Å². The fourth-order valence-corrected chi connectivity index (χ4v) is 1.11. The number of aliphatic hydroxyl groups excluding tert-OH is 3. The van der Waals surface area contributed by atoms with Gasteiger partial charge < -0.3 is 20.4 Å². The molecular weight excluding hydrogens is 200 g/mol. The van der Waals surface area contributed by atoms with Gasteiger partial charge >= 0.3 is 5.97 Å². The predicted molar refractivity (Wildman–Crippen MR) is 45.6 cm³/mol. The molecule has 1 rings (SSSR count). The second kappa shape index (κ2) is 4.57. The second-order valence-electron chi connectivity index (χ2n) is 2.75. The highest BCUT2D eigenvalue weighted by atomic mass is 35.5. The first-order valence-corrected chi connectivity index (χ1v) is 3.50. The van der Waals surface area contributed by atoms with E-state index in [-0.39, 0.29) is 24.4 Å². The lowest BCUT2D eigenvalue weighted by molar-refractivity contribution is -0.134. The minimum Gasteiger partial charge on any atom is -0.478 e. The average molecular weight is 211 g/mol. The Hall–Kier alpha value is -0.620. The van der Waals surface area contributed by atoms with Crippen LogP contribution in [0.25, 0.3) is 0 Å². The molecule has 0 spiro atoms. The number of hydrogen-bond acceptors (Lipinski definition) is 4. The van der Waals surface area contributed by atoms with Gasteiger partial charge in [0.2, 0.25) is 0 Å². The van der Waals surface area contributed by atoms with E-state index in [1.54, 1.807) is 0 Å². The lowest BCUT2D eigenvalue weighted by Crippen LogP contribution is -2.40. The second-order valence-corrected chi connectivity index (χ2v) is 2.75. The van der Waals surface area contributed by atoms with Crippen LogP contribution in [0.1, 0.15) is 6.42 Å². The number of carboxylic acid groups (broad SMARTS) is 1. The van der Waals surface area contributed by atoms with Crippen LogP contribution in [0.15, 0.2) is 11.6 Å². The molecule has 1 aliphatic carbocycles. The van der Waals surface area contributed by atoms with Crippen molar-refractivity contribution < 1.29 is 25.2 Å². The number of halogens is 1. The average Bonchev–Trinajstić information content (AvgIpc) is 1.99. The van der Waals surface area contributed by atoms with Gasteiger partial charge in [-0.3, -0.25) is 0 Å². The number of aliphatic carboxylic acids is 1. The largest absolute Gasteiger partial charge is 0.478 e. The molecule has 0 unspecified atom stereocenters. The predicted octanol–water partition coefficient (Wildman–Crippen LogP) is -1.09. The van der Waals surface area contributed by atoms with E-state index >= 15 is 0 Å². The van der Waals surface area contributed by atoms with Gasteiger partial charge in [0.05, 0.1) is 6.10 Å². The molecule has 0 heterocycles. The van der Waals surface area contributed by atoms with Crippen molar-refractivity contribution in [1.82, 2.24) is 0 Å². The SMILES string of the molecule is Cl.O=C(O)C1=C[C@@H](O)[C@@H](O)[C@H](O)C1. The molecule has 0 aromatic carbocycles. The third kappa shape index (κ3) is 2.67. The van der Waals surface area contributed by atoms with Crippen LogP contribution in [0.3, 0.4) is 0 Å². The first-order chi connectivity index (χ1) is 5.52. The molecule has 13 heavy (non-hydrogen) atoms. The van der Waals surface area contributed by atoms with Gasteiger partial charge in [0.1, 0.15) is 12.2 Å². The Morgan fingerprint density at radius 1 is 1.38 bits per heavy atom. The summed E-state index contributed by atoms with van der Waals surface area (Å²) in [5.41, 5.74) is -0.0692. The monoisotopic (exact) mass is 210 g/mol. The summed E-state index contributed by atoms with van der Waals surface area (Å²) in [7, 11) is 0. The molecule has 76 valence electrons. The Balaban J connectivity index is 0.00000144. The first kappa shape index (κ1) is 12.4. The highest BCUT2D eigenvalue weighted by Crippen LogP contribution is 2.19. The molecule has 6 heteroatoms. The van der Waals surface area contributed by atoms with E-state index in [2.05, 4.69) is 0 Å². The Morgan fingerprint density at radius 3 is 2.31 bits per heavy atom. The zero-order valence-corrected chi connectivity index (χ0v) is 7.44. The highest BCUT2D eigenvalue weighted by Gasteiger charge is 2.31. The molecule has 0 saturated carbocycles. The maximum absolute atomic E-state index is 10.4. The molecule has 0 bridgehead atoms. The van der Waals surface area contributed by atoms with Gasteiger partial charge in [0.15, 0.2) is 0 Å². The van der Waals surface area contributed by atoms with Gasteiger partial charge in [-0.25, -0.2) is 4.79 Å². The van der Waals surface area contributed by atoms with Crippen molar-refractivity contribution >= 4 is 18.4 Å². The normalized spacial score (nSPS) is 33.2. The maximum Gasteiger partial charge on any atom is 0.331 e. The Kier molecular flexibility index (Phi) is 4.35. The zero-order valence-electron chi connectivity index (χ0n) is 6.62. The van der Waals surface area contributed by atoms with Crippen molar-refractivity contribution in [1.29, 1.82) is 0 Å². The van der Waals surface area contributed by atoms with Crippen LogP contribution in [0.4, 0.5) is 0 Å². The molecule has 1 aliphatic rings. The van der Waals surface area contributed by atoms with Crippen molar-refractivity contribution in [2.24, 2.45) is 0 Å². The van der Waals surface area contributed by atoms with Gasteiger partial charge in [0, 0.05) is 12.0 Å². The van der Waals surface area contributed by atoms with Crippen LogP contribution in [-0.2, 0) is 4.79 Å². The van der Waals surface area contributed by atoms with E-state index < -0.39 is 24.3 Å². The highest BCUT2D eigenvalue weighted by molar-refractivity contribution is 5.87. The summed E-state index contributed by atoms with van der Waals surface area (Å²) in [6.45, 7) is 0. The first-order valence-electron chi connectivity index (χ1n) is 3.50. The topological polar surface area (TPSA) is 98.0 Å². The van der Waals surface area contributed by atoms with Gasteiger partial charge in [-0.2, -0.15) is 0 Å². The van der Waals surface area contributed by atoms with Crippen molar-refractivity contribution in [3.63, 3.8) is 0 Å². The molecule has 0 aromatic heterocycles. The van der Waals surface area contributed by atoms with Crippen molar-refractivity contribution in [3.8, 4) is 0 Å². The van der Waals surface area contributed by atoms with E-state index in [4.69, 9.17) is 20.4 Å². The summed E-state index contributed by atoms with van der Waals surface area (Å²) in [4.78, 5) is 10.4. The zero-order chi connectivity index (χ0) is 9.30. The van der Waals surface area contributed by atoms with Crippen LogP contribution < -0.4 is 0 Å². The van der Waals surface area contributed by atoms with E-state index in [0.29, 0.717) is 0 Å². The van der Waals surface area contributed by atoms with Crippen LogP contribution in [0.5, 0.6) is 0 Å². The van der Waals surface area contributed by atoms with Crippen molar-refractivity contribution in [3.05, 3.63) is 11.6 Å². The molecular formula is C7H11ClO5. The summed E-state index contributed by atoms with van der Waals surface area (Å²) >= 11 is 0. The van der Waals surface area contributed by atoms with E-state index in [9.17, 15) is 4.79 Å². The molecule has 0 saturated heterocycles. The number of rotatable bonds is 1. The van der Waals surface area contributed by atoms with Gasteiger partial charge in [-0.1, -0.05) is 0 Å². The minimum absolute atomic E-state index is 0. The summed E-state index contributed by atoms with van der Waals surface area (Å²) in [6, 6.07) is 0. The quantitative estimate of drug-likeness (QED) is 0.441. The molecule has 0 amide bonds.